The van der Waals surface area contributed by atoms with E-state index in [4.69, 9.17) is 0 Å². The number of amides is 1. The number of anilines is 1. The lowest BCUT2D eigenvalue weighted by atomic mass is 9.78. The maximum absolute atomic E-state index is 12.2. The van der Waals surface area contributed by atoms with E-state index in [2.05, 4.69) is 41.6 Å². The summed E-state index contributed by atoms with van der Waals surface area (Å²) in [6.45, 7) is 7.62. The number of unbranched alkanes of at least 4 members (excludes halogenated alkanes) is 1. The maximum atomic E-state index is 12.2. The average Bonchev–Trinajstić information content (AvgIpc) is 2.98. The highest BCUT2D eigenvalue weighted by molar-refractivity contribution is 8.01. The van der Waals surface area contributed by atoms with E-state index in [1.807, 2.05) is 0 Å². The van der Waals surface area contributed by atoms with Gasteiger partial charge in [0.05, 0.1) is 5.75 Å². The van der Waals surface area contributed by atoms with Crippen LogP contribution in [0.25, 0.3) is 0 Å². The summed E-state index contributed by atoms with van der Waals surface area (Å²) in [6.07, 6.45) is 5.88. The second-order valence-electron chi connectivity index (χ2n) is 6.38. The zero-order valence-corrected chi connectivity index (χ0v) is 15.9. The van der Waals surface area contributed by atoms with Crippen LogP contribution in [0.2, 0.25) is 0 Å². The van der Waals surface area contributed by atoms with Gasteiger partial charge in [0.15, 0.2) is 4.34 Å². The van der Waals surface area contributed by atoms with Gasteiger partial charge in [0.25, 0.3) is 0 Å². The molecule has 1 aromatic heterocycles. The van der Waals surface area contributed by atoms with Crippen LogP contribution in [0.1, 0.15) is 52.9 Å². The van der Waals surface area contributed by atoms with E-state index >= 15 is 0 Å². The Morgan fingerprint density at radius 3 is 2.96 bits per heavy atom. The van der Waals surface area contributed by atoms with Gasteiger partial charge in [0, 0.05) is 12.6 Å². The number of nitrogens with zero attached hydrogens (tertiary/aromatic N) is 2. The molecule has 5 nitrogen and oxygen atoms in total. The molecule has 1 fully saturated rings. The maximum Gasteiger partial charge on any atom is 0.230 e. The third-order valence-electron chi connectivity index (χ3n) is 4.59. The van der Waals surface area contributed by atoms with Crippen molar-refractivity contribution in [1.29, 1.82) is 0 Å². The summed E-state index contributed by atoms with van der Waals surface area (Å²) < 4.78 is 0.851. The van der Waals surface area contributed by atoms with Crippen LogP contribution in [-0.2, 0) is 4.79 Å². The Hall–Kier alpha value is -0.820. The summed E-state index contributed by atoms with van der Waals surface area (Å²) in [4.78, 5) is 12.2. The number of hydrogen-bond donors (Lipinski definition) is 2. The van der Waals surface area contributed by atoms with Gasteiger partial charge in [0.2, 0.25) is 11.0 Å². The average molecular weight is 357 g/mol. The molecule has 130 valence electrons. The third kappa shape index (κ3) is 5.95. The minimum absolute atomic E-state index is 0.108. The van der Waals surface area contributed by atoms with Crippen molar-refractivity contribution in [1.82, 2.24) is 15.5 Å². The van der Waals surface area contributed by atoms with E-state index in [1.54, 1.807) is 0 Å². The van der Waals surface area contributed by atoms with Crippen molar-refractivity contribution in [3.8, 4) is 0 Å². The molecule has 0 radical (unpaired) electrons. The van der Waals surface area contributed by atoms with Crippen molar-refractivity contribution in [2.75, 3.05) is 17.6 Å². The molecule has 1 aromatic rings. The van der Waals surface area contributed by atoms with E-state index in [9.17, 15) is 4.79 Å². The number of hydrogen-bond acceptors (Lipinski definition) is 6. The zero-order valence-electron chi connectivity index (χ0n) is 14.3. The molecule has 7 heteroatoms. The molecule has 1 aliphatic carbocycles. The van der Waals surface area contributed by atoms with Crippen LogP contribution in [0.5, 0.6) is 0 Å². The van der Waals surface area contributed by atoms with Crippen LogP contribution < -0.4 is 10.6 Å². The molecule has 1 saturated carbocycles. The summed E-state index contributed by atoms with van der Waals surface area (Å²) in [7, 11) is 0. The first-order valence-electron chi connectivity index (χ1n) is 8.59. The fraction of sp³-hybridized carbons (Fsp3) is 0.812. The second-order valence-corrected chi connectivity index (χ2v) is 8.58. The molecule has 0 bridgehead atoms. The molecule has 2 rings (SSSR count). The molecule has 1 amide bonds. The Kier molecular flexibility index (Phi) is 7.62. The third-order valence-corrected chi connectivity index (χ3v) is 6.61. The Morgan fingerprint density at radius 2 is 2.17 bits per heavy atom. The van der Waals surface area contributed by atoms with Crippen LogP contribution in [-0.4, -0.2) is 34.4 Å². The normalized spacial score (nSPS) is 24.4. The first-order chi connectivity index (χ1) is 11.1. The molecule has 3 unspecified atom stereocenters. The van der Waals surface area contributed by atoms with Crippen LogP contribution in [0.15, 0.2) is 4.34 Å². The summed E-state index contributed by atoms with van der Waals surface area (Å²) in [5, 5.41) is 15.5. The van der Waals surface area contributed by atoms with Crippen molar-refractivity contribution in [3.05, 3.63) is 0 Å². The predicted molar refractivity (Wildman–Crippen MR) is 98.1 cm³/mol. The number of thioether (sulfide) groups is 1. The van der Waals surface area contributed by atoms with Crippen LogP contribution >= 0.6 is 23.1 Å². The van der Waals surface area contributed by atoms with Gasteiger partial charge in [-0.15, -0.1) is 10.2 Å². The number of rotatable bonds is 8. The number of aromatic nitrogens is 2. The highest BCUT2D eigenvalue weighted by atomic mass is 32.2. The highest BCUT2D eigenvalue weighted by Crippen LogP contribution is 2.30. The van der Waals surface area contributed by atoms with E-state index < -0.39 is 0 Å². The summed E-state index contributed by atoms with van der Waals surface area (Å²) in [5.41, 5.74) is 0. The van der Waals surface area contributed by atoms with Crippen molar-refractivity contribution in [2.45, 2.75) is 63.3 Å². The molecule has 0 spiro atoms. The Bertz CT molecular complexity index is 494. The minimum atomic E-state index is 0.108. The monoisotopic (exact) mass is 356 g/mol. The van der Waals surface area contributed by atoms with Gasteiger partial charge in [-0.2, -0.15) is 0 Å². The standard InChI is InChI=1S/C16H28N4OS2/c1-4-5-9-17-15-19-20-16(23-15)22-10-14(21)18-13-8-6-7-11(2)12(13)3/h11-13H,4-10H2,1-3H3,(H,17,19)(H,18,21). The van der Waals surface area contributed by atoms with E-state index in [0.29, 0.717) is 23.6 Å². The molecule has 3 atom stereocenters. The van der Waals surface area contributed by atoms with Crippen molar-refractivity contribution < 1.29 is 4.79 Å². The molecule has 0 aliphatic heterocycles. The van der Waals surface area contributed by atoms with Crippen LogP contribution in [0.3, 0.4) is 0 Å². The summed E-state index contributed by atoms with van der Waals surface area (Å²) in [6, 6.07) is 0.326. The van der Waals surface area contributed by atoms with Gasteiger partial charge in [-0.3, -0.25) is 4.79 Å². The van der Waals surface area contributed by atoms with Crippen molar-refractivity contribution >= 4 is 34.1 Å². The quantitative estimate of drug-likeness (QED) is 0.548. The second kappa shape index (κ2) is 9.47. The summed E-state index contributed by atoms with van der Waals surface area (Å²) >= 11 is 2.99. The Balaban J connectivity index is 1.71. The molecule has 2 N–H and O–H groups in total. The first kappa shape index (κ1) is 18.5. The molecule has 0 aromatic carbocycles. The van der Waals surface area contributed by atoms with Crippen molar-refractivity contribution in [2.24, 2.45) is 11.8 Å². The lowest BCUT2D eigenvalue weighted by Gasteiger charge is -2.34. The van der Waals surface area contributed by atoms with E-state index in [0.717, 1.165) is 35.3 Å². The van der Waals surface area contributed by atoms with Crippen LogP contribution in [0, 0.1) is 11.8 Å². The van der Waals surface area contributed by atoms with E-state index in [1.165, 1.54) is 35.9 Å². The lowest BCUT2D eigenvalue weighted by Crippen LogP contribution is -2.44. The fourth-order valence-corrected chi connectivity index (χ4v) is 4.46. The SMILES string of the molecule is CCCCNc1nnc(SCC(=O)NC2CCCC(C)C2C)s1. The van der Waals surface area contributed by atoms with Crippen molar-refractivity contribution in [3.63, 3.8) is 0 Å². The van der Waals surface area contributed by atoms with Gasteiger partial charge in [0.1, 0.15) is 0 Å². The number of carbonyl (C=O) groups is 1. The van der Waals surface area contributed by atoms with Gasteiger partial charge < -0.3 is 10.6 Å². The van der Waals surface area contributed by atoms with E-state index in [-0.39, 0.29) is 5.91 Å². The summed E-state index contributed by atoms with van der Waals surface area (Å²) in [5.74, 6) is 1.79. The van der Waals surface area contributed by atoms with Gasteiger partial charge in [-0.25, -0.2) is 0 Å². The number of carbonyl (C=O) groups excluding carboxylic acids is 1. The molecule has 0 saturated heterocycles. The molecule has 1 heterocycles. The van der Waals surface area contributed by atoms with Gasteiger partial charge >= 0.3 is 0 Å². The topological polar surface area (TPSA) is 66.9 Å². The lowest BCUT2D eigenvalue weighted by molar-refractivity contribution is -0.119. The minimum Gasteiger partial charge on any atom is -0.360 e. The Labute approximate surface area is 147 Å². The molecule has 1 aliphatic rings. The largest absolute Gasteiger partial charge is 0.360 e. The Morgan fingerprint density at radius 1 is 1.35 bits per heavy atom. The predicted octanol–water partition coefficient (Wildman–Crippen LogP) is 3.78. The van der Waals surface area contributed by atoms with Crippen LogP contribution in [0.4, 0.5) is 5.13 Å². The molecular weight excluding hydrogens is 328 g/mol. The molecule has 23 heavy (non-hydrogen) atoms. The molecular formula is C16H28N4OS2. The first-order valence-corrected chi connectivity index (χ1v) is 10.4. The van der Waals surface area contributed by atoms with Gasteiger partial charge in [-0.05, 0) is 24.7 Å². The fourth-order valence-electron chi connectivity index (χ4n) is 2.87. The zero-order chi connectivity index (χ0) is 16.7. The van der Waals surface area contributed by atoms with Gasteiger partial charge in [-0.1, -0.05) is 63.1 Å². The highest BCUT2D eigenvalue weighted by Gasteiger charge is 2.28. The number of nitrogens with one attached hydrogen (secondary N) is 2. The smallest absolute Gasteiger partial charge is 0.230 e.